The lowest BCUT2D eigenvalue weighted by atomic mass is 10.1. The van der Waals surface area contributed by atoms with Crippen LogP contribution in [-0.2, 0) is 0 Å². The molecule has 0 aliphatic carbocycles. The third-order valence-corrected chi connectivity index (χ3v) is 9.76. The topological polar surface area (TPSA) is 52.9 Å². The number of hydrogen-bond donors (Lipinski definition) is 0. The van der Waals surface area contributed by atoms with Gasteiger partial charge in [0.05, 0.1) is 28.6 Å². The van der Waals surface area contributed by atoms with Crippen molar-refractivity contribution in [1.29, 1.82) is 0 Å². The Morgan fingerprint density at radius 3 is 1.42 bits per heavy atom. The van der Waals surface area contributed by atoms with Gasteiger partial charge in [0.2, 0.25) is 0 Å². The van der Waals surface area contributed by atoms with Crippen LogP contribution in [0, 0.1) is 6.57 Å². The van der Waals surface area contributed by atoms with Gasteiger partial charge in [-0.2, -0.15) is 0 Å². The number of rotatable bonds is 5. The molecule has 0 spiro atoms. The van der Waals surface area contributed by atoms with Crippen molar-refractivity contribution in [1.82, 2.24) is 24.1 Å². The minimum Gasteiger partial charge on any atom is -0.309 e. The molecule has 6 nitrogen and oxygen atoms in total. The van der Waals surface area contributed by atoms with Crippen molar-refractivity contribution < 1.29 is 0 Å². The summed E-state index contributed by atoms with van der Waals surface area (Å²) in [5.41, 5.74) is 9.76. The smallest absolute Gasteiger partial charge is 0.188 e. The molecule has 52 heavy (non-hydrogen) atoms. The van der Waals surface area contributed by atoms with Crippen LogP contribution in [0.2, 0.25) is 0 Å². The average Bonchev–Trinajstić information content (AvgIpc) is 3.73. The highest BCUT2D eigenvalue weighted by Gasteiger charge is 2.18. The van der Waals surface area contributed by atoms with E-state index in [9.17, 15) is 0 Å². The molecule has 0 atom stereocenters. The fourth-order valence-corrected chi connectivity index (χ4v) is 7.41. The first-order valence-corrected chi connectivity index (χ1v) is 17.2. The number of fused-ring (bicyclic) bond motifs is 6. The molecule has 3 heterocycles. The van der Waals surface area contributed by atoms with E-state index in [2.05, 4.69) is 105 Å². The first kappa shape index (κ1) is 29.5. The van der Waals surface area contributed by atoms with Gasteiger partial charge >= 0.3 is 0 Å². The van der Waals surface area contributed by atoms with E-state index < -0.39 is 0 Å². The minimum atomic E-state index is 0.597. The van der Waals surface area contributed by atoms with Gasteiger partial charge in [-0.05, 0) is 60.0 Å². The molecule has 0 saturated carbocycles. The molecular formula is C46H28N6. The van der Waals surface area contributed by atoms with Crippen LogP contribution in [-0.4, -0.2) is 24.1 Å². The van der Waals surface area contributed by atoms with Gasteiger partial charge in [-0.1, -0.05) is 115 Å². The molecule has 0 bridgehead atoms. The number of nitrogens with zero attached hydrogens (tertiary/aromatic N) is 6. The summed E-state index contributed by atoms with van der Waals surface area (Å²) in [7, 11) is 0. The van der Waals surface area contributed by atoms with Gasteiger partial charge in [0.25, 0.3) is 0 Å². The van der Waals surface area contributed by atoms with Crippen molar-refractivity contribution in [2.45, 2.75) is 0 Å². The normalized spacial score (nSPS) is 11.4. The highest BCUT2D eigenvalue weighted by Crippen LogP contribution is 2.38. The van der Waals surface area contributed by atoms with Gasteiger partial charge in [-0.3, -0.25) is 0 Å². The highest BCUT2D eigenvalue weighted by molar-refractivity contribution is 6.12. The predicted octanol–water partition coefficient (Wildman–Crippen LogP) is 11.6. The number of aromatic nitrogens is 5. The molecule has 0 radical (unpaired) electrons. The molecule has 7 aromatic carbocycles. The van der Waals surface area contributed by atoms with E-state index in [0.29, 0.717) is 23.2 Å². The number of para-hydroxylation sites is 2. The van der Waals surface area contributed by atoms with Crippen LogP contribution in [0.3, 0.4) is 0 Å². The monoisotopic (exact) mass is 664 g/mol. The van der Waals surface area contributed by atoms with Crippen molar-refractivity contribution in [3.63, 3.8) is 0 Å². The van der Waals surface area contributed by atoms with Gasteiger partial charge in [-0.15, -0.1) is 0 Å². The van der Waals surface area contributed by atoms with Crippen molar-refractivity contribution in [3.8, 4) is 45.5 Å². The van der Waals surface area contributed by atoms with Crippen LogP contribution in [0.25, 0.3) is 94.0 Å². The van der Waals surface area contributed by atoms with Crippen molar-refractivity contribution in [2.24, 2.45) is 0 Å². The summed E-state index contributed by atoms with van der Waals surface area (Å²) >= 11 is 0. The van der Waals surface area contributed by atoms with Crippen LogP contribution in [0.15, 0.2) is 170 Å². The van der Waals surface area contributed by atoms with Crippen molar-refractivity contribution in [2.75, 3.05) is 0 Å². The van der Waals surface area contributed by atoms with Crippen LogP contribution >= 0.6 is 0 Å². The lowest BCUT2D eigenvalue weighted by molar-refractivity contribution is 1.07. The molecule has 0 aliphatic rings. The molecule has 3 aromatic heterocycles. The van der Waals surface area contributed by atoms with Crippen LogP contribution < -0.4 is 0 Å². The van der Waals surface area contributed by atoms with Gasteiger partial charge in [-0.25, -0.2) is 19.8 Å². The van der Waals surface area contributed by atoms with Gasteiger partial charge in [0.15, 0.2) is 23.2 Å². The second-order valence-electron chi connectivity index (χ2n) is 12.8. The summed E-state index contributed by atoms with van der Waals surface area (Å²) in [6.45, 7) is 7.81. The summed E-state index contributed by atoms with van der Waals surface area (Å²) in [5, 5.41) is 4.53. The quantitative estimate of drug-likeness (QED) is 0.172. The molecule has 242 valence electrons. The molecule has 0 unspecified atom stereocenters. The third-order valence-electron chi connectivity index (χ3n) is 9.76. The van der Waals surface area contributed by atoms with Gasteiger partial charge in [0.1, 0.15) is 0 Å². The van der Waals surface area contributed by atoms with Gasteiger partial charge in [0, 0.05) is 44.2 Å². The summed E-state index contributed by atoms with van der Waals surface area (Å²) in [5.74, 6) is 1.84. The van der Waals surface area contributed by atoms with E-state index in [0.717, 1.165) is 60.9 Å². The Morgan fingerprint density at radius 1 is 0.365 bits per heavy atom. The summed E-state index contributed by atoms with van der Waals surface area (Å²) in [6, 6.07) is 58.1. The number of hydrogen-bond acceptors (Lipinski definition) is 3. The Bertz CT molecular complexity index is 2910. The van der Waals surface area contributed by atoms with E-state index in [1.165, 1.54) is 10.8 Å². The maximum Gasteiger partial charge on any atom is 0.188 e. The fraction of sp³-hybridized carbons (Fsp3) is 0. The number of benzene rings is 7. The van der Waals surface area contributed by atoms with E-state index in [4.69, 9.17) is 21.5 Å². The Morgan fingerprint density at radius 2 is 0.827 bits per heavy atom. The molecule has 0 saturated heterocycles. The van der Waals surface area contributed by atoms with Crippen LogP contribution in [0.1, 0.15) is 0 Å². The molecule has 0 aliphatic heterocycles. The zero-order valence-electron chi connectivity index (χ0n) is 27.8. The fourth-order valence-electron chi connectivity index (χ4n) is 7.41. The Labute approximate surface area is 299 Å². The maximum absolute atomic E-state index is 7.81. The second-order valence-corrected chi connectivity index (χ2v) is 12.8. The van der Waals surface area contributed by atoms with Gasteiger partial charge < -0.3 is 9.13 Å². The molecule has 6 heteroatoms. The molecular weight excluding hydrogens is 637 g/mol. The molecule has 0 amide bonds. The van der Waals surface area contributed by atoms with E-state index in [1.54, 1.807) is 0 Å². The second kappa shape index (κ2) is 11.9. The van der Waals surface area contributed by atoms with Crippen LogP contribution in [0.5, 0.6) is 0 Å². The molecule has 10 aromatic rings. The molecule has 0 fully saturated rings. The Kier molecular flexibility index (Phi) is 6.76. The lowest BCUT2D eigenvalue weighted by Crippen LogP contribution is -2.01. The van der Waals surface area contributed by atoms with E-state index >= 15 is 0 Å². The third kappa shape index (κ3) is 4.76. The van der Waals surface area contributed by atoms with E-state index in [1.807, 2.05) is 78.9 Å². The first-order chi connectivity index (χ1) is 25.7. The molecule has 10 rings (SSSR count). The standard InChI is InChI=1S/C46H28N6/c1-47-33-23-25-42-38(28-33)39-29-35(52-40-21-10-8-19-36(40)37-20-9-11-22-41(37)52)24-26-43(39)51(42)34-18-12-17-32(27-34)46-49-44(30-13-4-2-5-14-30)48-45(50-46)31-15-6-3-7-16-31/h2-29H. The van der Waals surface area contributed by atoms with Crippen molar-refractivity contribution >= 4 is 49.3 Å². The Hall–Kier alpha value is -7.36. The Balaban J connectivity index is 1.18. The SMILES string of the molecule is [C-]#[N+]c1ccc2c(c1)c1cc(-n3c4ccccc4c4ccccc43)ccc1n2-c1cccc(-c2nc(-c3ccccc3)nc(-c3ccccc3)n2)c1. The van der Waals surface area contributed by atoms with E-state index in [-0.39, 0.29) is 0 Å². The summed E-state index contributed by atoms with van der Waals surface area (Å²) in [4.78, 5) is 18.7. The largest absolute Gasteiger partial charge is 0.309 e. The predicted molar refractivity (Wildman–Crippen MR) is 211 cm³/mol. The van der Waals surface area contributed by atoms with Crippen LogP contribution in [0.4, 0.5) is 5.69 Å². The summed E-state index contributed by atoms with van der Waals surface area (Å²) < 4.78 is 4.61. The highest BCUT2D eigenvalue weighted by atomic mass is 15.0. The zero-order chi connectivity index (χ0) is 34.6. The minimum absolute atomic E-state index is 0.597. The van der Waals surface area contributed by atoms with Crippen molar-refractivity contribution in [3.05, 3.63) is 181 Å². The zero-order valence-corrected chi connectivity index (χ0v) is 27.8. The molecule has 0 N–H and O–H groups in total. The summed E-state index contributed by atoms with van der Waals surface area (Å²) in [6.07, 6.45) is 0. The lowest BCUT2D eigenvalue weighted by Gasteiger charge is -2.12. The average molecular weight is 665 g/mol. The first-order valence-electron chi connectivity index (χ1n) is 17.2. The maximum atomic E-state index is 7.81.